The Balaban J connectivity index is 2.18. The maximum atomic E-state index is 11.8. The molecule has 0 aromatic carbocycles. The van der Waals surface area contributed by atoms with E-state index in [4.69, 9.17) is 9.84 Å². The number of aromatic carboxylic acids is 1. The average molecular weight is 237 g/mol. The van der Waals surface area contributed by atoms with Gasteiger partial charge in [0.1, 0.15) is 5.56 Å². The molecule has 1 fully saturated rings. The quantitative estimate of drug-likeness (QED) is 0.850. The number of ether oxygens (including phenoxy) is 1. The van der Waals surface area contributed by atoms with Gasteiger partial charge in [0.25, 0.3) is 5.56 Å². The number of carbonyl (C=O) groups is 1. The molecule has 0 spiro atoms. The molecule has 1 aliphatic heterocycles. The van der Waals surface area contributed by atoms with Crippen LogP contribution < -0.4 is 5.56 Å². The summed E-state index contributed by atoms with van der Waals surface area (Å²) in [6.07, 6.45) is 3.48. The van der Waals surface area contributed by atoms with Crippen LogP contribution in [0.5, 0.6) is 0 Å². The fourth-order valence-electron chi connectivity index (χ4n) is 2.05. The molecule has 0 aliphatic carbocycles. The van der Waals surface area contributed by atoms with Crippen molar-refractivity contribution in [1.29, 1.82) is 0 Å². The van der Waals surface area contributed by atoms with Crippen molar-refractivity contribution < 1.29 is 14.6 Å². The van der Waals surface area contributed by atoms with Crippen molar-refractivity contribution in [2.24, 2.45) is 5.92 Å². The van der Waals surface area contributed by atoms with Crippen LogP contribution in [0.4, 0.5) is 0 Å². The summed E-state index contributed by atoms with van der Waals surface area (Å²) in [4.78, 5) is 22.7. The minimum absolute atomic E-state index is 0.167. The van der Waals surface area contributed by atoms with Crippen molar-refractivity contribution in [3.8, 4) is 0 Å². The first-order valence-electron chi connectivity index (χ1n) is 5.69. The van der Waals surface area contributed by atoms with Crippen LogP contribution in [0.3, 0.4) is 0 Å². The van der Waals surface area contributed by atoms with Crippen LogP contribution in [-0.4, -0.2) is 28.9 Å². The van der Waals surface area contributed by atoms with Gasteiger partial charge in [0.05, 0.1) is 0 Å². The minimum Gasteiger partial charge on any atom is -0.477 e. The van der Waals surface area contributed by atoms with E-state index in [9.17, 15) is 9.59 Å². The molecule has 0 bridgehead atoms. The predicted octanol–water partition coefficient (Wildman–Crippen LogP) is 0.973. The molecule has 1 aliphatic rings. The summed E-state index contributed by atoms with van der Waals surface area (Å²) in [6.45, 7) is 2.01. The standard InChI is InChI=1S/C12H15NO4/c14-11-10(12(15)16)2-1-5-13(11)8-9-3-6-17-7-4-9/h1-2,5,9H,3-4,6-8H2,(H,15,16). The fourth-order valence-corrected chi connectivity index (χ4v) is 2.05. The first-order chi connectivity index (χ1) is 8.18. The highest BCUT2D eigenvalue weighted by Gasteiger charge is 2.16. The molecule has 17 heavy (non-hydrogen) atoms. The molecular formula is C12H15NO4. The molecule has 0 unspecified atom stereocenters. The highest BCUT2D eigenvalue weighted by atomic mass is 16.5. The topological polar surface area (TPSA) is 68.5 Å². The van der Waals surface area contributed by atoms with Crippen LogP contribution in [0.2, 0.25) is 0 Å². The zero-order valence-corrected chi connectivity index (χ0v) is 9.46. The van der Waals surface area contributed by atoms with E-state index in [1.165, 1.54) is 10.6 Å². The van der Waals surface area contributed by atoms with E-state index in [-0.39, 0.29) is 5.56 Å². The molecule has 1 N–H and O–H groups in total. The highest BCUT2D eigenvalue weighted by Crippen LogP contribution is 2.16. The number of hydrogen-bond acceptors (Lipinski definition) is 3. The van der Waals surface area contributed by atoms with Crippen LogP contribution in [0.1, 0.15) is 23.2 Å². The molecule has 5 nitrogen and oxygen atoms in total. The minimum atomic E-state index is -1.17. The summed E-state index contributed by atoms with van der Waals surface area (Å²) < 4.78 is 6.73. The lowest BCUT2D eigenvalue weighted by Crippen LogP contribution is -2.30. The smallest absolute Gasteiger partial charge is 0.341 e. The second-order valence-electron chi connectivity index (χ2n) is 4.24. The third-order valence-corrected chi connectivity index (χ3v) is 3.05. The lowest BCUT2D eigenvalue weighted by Gasteiger charge is -2.22. The van der Waals surface area contributed by atoms with Crippen LogP contribution in [0.15, 0.2) is 23.1 Å². The number of carboxylic acid groups (broad SMARTS) is 1. The lowest BCUT2D eigenvalue weighted by molar-refractivity contribution is 0.0605. The summed E-state index contributed by atoms with van der Waals surface area (Å²) in [6, 6.07) is 2.94. The second kappa shape index (κ2) is 5.14. The molecule has 2 rings (SSSR count). The van der Waals surface area contributed by atoms with Crippen LogP contribution in [0, 0.1) is 5.92 Å². The number of pyridine rings is 1. The Kier molecular flexibility index (Phi) is 3.58. The van der Waals surface area contributed by atoms with Crippen molar-refractivity contribution in [2.45, 2.75) is 19.4 Å². The molecule has 1 aromatic heterocycles. The Labute approximate surface area is 98.6 Å². The van der Waals surface area contributed by atoms with Crippen LogP contribution in [-0.2, 0) is 11.3 Å². The Hall–Kier alpha value is -1.62. The van der Waals surface area contributed by atoms with E-state index >= 15 is 0 Å². The van der Waals surface area contributed by atoms with Gasteiger partial charge in [0, 0.05) is 26.0 Å². The van der Waals surface area contributed by atoms with E-state index in [1.807, 2.05) is 0 Å². The lowest BCUT2D eigenvalue weighted by atomic mass is 10.0. The van der Waals surface area contributed by atoms with E-state index in [2.05, 4.69) is 0 Å². The van der Waals surface area contributed by atoms with Gasteiger partial charge in [-0.15, -0.1) is 0 Å². The largest absolute Gasteiger partial charge is 0.477 e. The zero-order valence-electron chi connectivity index (χ0n) is 9.46. The second-order valence-corrected chi connectivity index (χ2v) is 4.24. The SMILES string of the molecule is O=C(O)c1cccn(CC2CCOCC2)c1=O. The Morgan fingerprint density at radius 2 is 2.18 bits per heavy atom. The van der Waals surface area contributed by atoms with Crippen LogP contribution >= 0.6 is 0 Å². The van der Waals surface area contributed by atoms with E-state index in [0.29, 0.717) is 12.5 Å². The van der Waals surface area contributed by atoms with Gasteiger partial charge in [-0.2, -0.15) is 0 Å². The Bertz CT molecular complexity index is 460. The molecule has 0 radical (unpaired) electrons. The summed E-state index contributed by atoms with van der Waals surface area (Å²) >= 11 is 0. The third-order valence-electron chi connectivity index (χ3n) is 3.05. The monoisotopic (exact) mass is 237 g/mol. The van der Waals surface area contributed by atoms with Gasteiger partial charge in [-0.25, -0.2) is 4.79 Å². The molecule has 5 heteroatoms. The van der Waals surface area contributed by atoms with Crippen molar-refractivity contribution in [3.63, 3.8) is 0 Å². The average Bonchev–Trinajstić information content (AvgIpc) is 2.33. The molecule has 1 aromatic rings. The van der Waals surface area contributed by atoms with E-state index in [1.54, 1.807) is 12.3 Å². The number of hydrogen-bond donors (Lipinski definition) is 1. The highest BCUT2D eigenvalue weighted by molar-refractivity contribution is 5.86. The normalized spacial score (nSPS) is 16.9. The summed E-state index contributed by atoms with van der Waals surface area (Å²) in [5, 5.41) is 8.86. The van der Waals surface area contributed by atoms with Gasteiger partial charge < -0.3 is 14.4 Å². The van der Waals surface area contributed by atoms with Crippen molar-refractivity contribution >= 4 is 5.97 Å². The van der Waals surface area contributed by atoms with Gasteiger partial charge in [0.2, 0.25) is 0 Å². The van der Waals surface area contributed by atoms with Gasteiger partial charge >= 0.3 is 5.97 Å². The van der Waals surface area contributed by atoms with Gasteiger partial charge in [-0.1, -0.05) is 0 Å². The van der Waals surface area contributed by atoms with E-state index < -0.39 is 11.5 Å². The summed E-state index contributed by atoms with van der Waals surface area (Å²) in [5.74, 6) is -0.776. The molecule has 0 amide bonds. The summed E-state index contributed by atoms with van der Waals surface area (Å²) in [5.41, 5.74) is -0.592. The summed E-state index contributed by atoms with van der Waals surface area (Å²) in [7, 11) is 0. The number of aromatic nitrogens is 1. The molecule has 2 heterocycles. The Morgan fingerprint density at radius 1 is 1.47 bits per heavy atom. The van der Waals surface area contributed by atoms with Crippen molar-refractivity contribution in [2.75, 3.05) is 13.2 Å². The van der Waals surface area contributed by atoms with Crippen molar-refractivity contribution in [1.82, 2.24) is 4.57 Å². The first kappa shape index (κ1) is 11.9. The maximum Gasteiger partial charge on any atom is 0.341 e. The van der Waals surface area contributed by atoms with Crippen molar-refractivity contribution in [3.05, 3.63) is 34.2 Å². The molecule has 0 saturated carbocycles. The van der Waals surface area contributed by atoms with Gasteiger partial charge in [-0.05, 0) is 30.9 Å². The zero-order chi connectivity index (χ0) is 12.3. The van der Waals surface area contributed by atoms with Crippen LogP contribution in [0.25, 0.3) is 0 Å². The molecular weight excluding hydrogens is 222 g/mol. The Morgan fingerprint density at radius 3 is 2.82 bits per heavy atom. The number of nitrogens with zero attached hydrogens (tertiary/aromatic N) is 1. The fraction of sp³-hybridized carbons (Fsp3) is 0.500. The molecule has 92 valence electrons. The van der Waals surface area contributed by atoms with Gasteiger partial charge in [-0.3, -0.25) is 4.79 Å². The predicted molar refractivity (Wildman–Crippen MR) is 61.2 cm³/mol. The molecule has 1 saturated heterocycles. The van der Waals surface area contributed by atoms with E-state index in [0.717, 1.165) is 26.1 Å². The number of rotatable bonds is 3. The number of carboxylic acids is 1. The third kappa shape index (κ3) is 2.74. The molecule has 0 atom stereocenters. The van der Waals surface area contributed by atoms with Gasteiger partial charge in [0.15, 0.2) is 0 Å². The first-order valence-corrected chi connectivity index (χ1v) is 5.69. The maximum absolute atomic E-state index is 11.8.